The summed E-state index contributed by atoms with van der Waals surface area (Å²) >= 11 is 1.17. The number of hydrogen-bond donors (Lipinski definition) is 0. The molecule has 0 amide bonds. The second-order valence-corrected chi connectivity index (χ2v) is 7.07. The van der Waals surface area contributed by atoms with E-state index < -0.39 is 0 Å². The highest BCUT2D eigenvalue weighted by Gasteiger charge is 2.24. The van der Waals surface area contributed by atoms with Crippen LogP contribution in [-0.2, 0) is 0 Å². The van der Waals surface area contributed by atoms with E-state index in [-0.39, 0.29) is 0 Å². The van der Waals surface area contributed by atoms with Crippen molar-refractivity contribution in [1.82, 2.24) is 39.5 Å². The van der Waals surface area contributed by atoms with Crippen LogP contribution in [0.15, 0.2) is 29.3 Å². The van der Waals surface area contributed by atoms with Gasteiger partial charge in [0.1, 0.15) is 16.6 Å². The fourth-order valence-corrected chi connectivity index (χ4v) is 4.45. The molecule has 0 aliphatic rings. The van der Waals surface area contributed by atoms with E-state index in [1.54, 1.807) is 24.8 Å². The quantitative estimate of drug-likeness (QED) is 0.419. The molecule has 0 fully saturated rings. The average Bonchev–Trinajstić information content (AvgIpc) is 3.40. The lowest BCUT2D eigenvalue weighted by Gasteiger charge is -2.13. The third kappa shape index (κ3) is 1.84. The van der Waals surface area contributed by atoms with E-state index in [2.05, 4.69) is 39.5 Å². The van der Waals surface area contributed by atoms with Crippen LogP contribution >= 0.6 is 11.7 Å². The van der Waals surface area contributed by atoms with Gasteiger partial charge in [0, 0.05) is 43.5 Å². The minimum atomic E-state index is 0.613. The lowest BCUT2D eigenvalue weighted by molar-refractivity contribution is 0.423. The Morgan fingerprint density at radius 2 is 1.25 bits per heavy atom. The van der Waals surface area contributed by atoms with Gasteiger partial charge in [-0.1, -0.05) is 0 Å². The van der Waals surface area contributed by atoms with E-state index in [0.717, 1.165) is 54.8 Å². The summed E-state index contributed by atoms with van der Waals surface area (Å²) in [5.41, 5.74) is 6.52. The Morgan fingerprint density at radius 3 is 1.96 bits per heavy atom. The summed E-state index contributed by atoms with van der Waals surface area (Å²) in [5, 5.41) is 28.1. The van der Waals surface area contributed by atoms with Crippen LogP contribution in [0.5, 0.6) is 0 Å². The van der Waals surface area contributed by atoms with Crippen LogP contribution in [-0.4, -0.2) is 39.5 Å². The topological polar surface area (TPSA) is 116 Å². The van der Waals surface area contributed by atoms with Gasteiger partial charge < -0.3 is 4.52 Å². The number of aromatic nitrogens is 8. The van der Waals surface area contributed by atoms with E-state index in [9.17, 15) is 0 Å². The third-order valence-corrected chi connectivity index (χ3v) is 5.73. The molecule has 0 aliphatic carbocycles. The zero-order chi connectivity index (χ0) is 18.8. The lowest BCUT2D eigenvalue weighted by atomic mass is 9.90. The molecule has 6 rings (SSSR count). The van der Waals surface area contributed by atoms with E-state index in [1.165, 1.54) is 11.7 Å². The van der Waals surface area contributed by atoms with Gasteiger partial charge in [-0.15, -0.1) is 5.10 Å². The van der Waals surface area contributed by atoms with Gasteiger partial charge in [0.05, 0.1) is 36.5 Å². The highest BCUT2D eigenvalue weighted by atomic mass is 32.1. The molecule has 0 saturated heterocycles. The minimum Gasteiger partial charge on any atom is -0.337 e. The molecule has 9 nitrogen and oxygen atoms in total. The van der Waals surface area contributed by atoms with Gasteiger partial charge in [-0.05, 0) is 19.4 Å². The molecule has 0 radical (unpaired) electrons. The predicted octanol–water partition coefficient (Wildman–Crippen LogP) is 3.40. The highest BCUT2D eigenvalue weighted by Crippen LogP contribution is 2.44. The summed E-state index contributed by atoms with van der Waals surface area (Å²) < 4.78 is 14.6. The molecule has 0 aliphatic heterocycles. The molecule has 0 atom stereocenters. The minimum absolute atomic E-state index is 0.613. The van der Waals surface area contributed by atoms with Crippen LogP contribution in [0.1, 0.15) is 11.1 Å². The number of aryl methyl sites for hydroxylation is 2. The molecule has 0 N–H and O–H groups in total. The summed E-state index contributed by atoms with van der Waals surface area (Å²) in [4.78, 5) is 0. The average molecular weight is 386 g/mol. The SMILES string of the molecule is Cc1c2cnncc2c(-c2c3cnncc3c(C)c3onnc23)c2nsnc12. The van der Waals surface area contributed by atoms with Crippen molar-refractivity contribution in [3.8, 4) is 11.1 Å². The zero-order valence-electron chi connectivity index (χ0n) is 14.7. The van der Waals surface area contributed by atoms with Crippen LogP contribution in [0.4, 0.5) is 0 Å². The number of nitrogens with zero attached hydrogens (tertiary/aromatic N) is 8. The van der Waals surface area contributed by atoms with E-state index >= 15 is 0 Å². The Labute approximate surface area is 160 Å². The molecule has 6 aromatic rings. The molecule has 0 bridgehead atoms. The molecule has 28 heavy (non-hydrogen) atoms. The Morgan fingerprint density at radius 1 is 0.679 bits per heavy atom. The summed E-state index contributed by atoms with van der Waals surface area (Å²) in [6.45, 7) is 3.98. The maximum absolute atomic E-state index is 5.48. The normalized spacial score (nSPS) is 11.9. The van der Waals surface area contributed by atoms with Crippen LogP contribution in [0.3, 0.4) is 0 Å². The number of benzene rings is 2. The molecular weight excluding hydrogens is 376 g/mol. The van der Waals surface area contributed by atoms with Crippen molar-refractivity contribution in [2.24, 2.45) is 0 Å². The monoisotopic (exact) mass is 386 g/mol. The second kappa shape index (κ2) is 5.42. The fourth-order valence-electron chi connectivity index (χ4n) is 3.85. The van der Waals surface area contributed by atoms with Gasteiger partial charge in [0.15, 0.2) is 5.58 Å². The molecule has 4 aromatic heterocycles. The van der Waals surface area contributed by atoms with Gasteiger partial charge in [-0.2, -0.15) is 29.1 Å². The number of fused-ring (bicyclic) bond motifs is 4. The van der Waals surface area contributed by atoms with Gasteiger partial charge in [0.25, 0.3) is 0 Å². The molecule has 10 heteroatoms. The van der Waals surface area contributed by atoms with Crippen molar-refractivity contribution in [2.45, 2.75) is 13.8 Å². The Kier molecular flexibility index (Phi) is 2.98. The van der Waals surface area contributed by atoms with Crippen molar-refractivity contribution >= 4 is 55.4 Å². The van der Waals surface area contributed by atoms with Crippen LogP contribution < -0.4 is 0 Å². The molecule has 2 aromatic carbocycles. The predicted molar refractivity (Wildman–Crippen MR) is 104 cm³/mol. The van der Waals surface area contributed by atoms with Gasteiger partial charge in [0.2, 0.25) is 0 Å². The Bertz CT molecular complexity index is 1440. The Hall–Kier alpha value is -3.66. The summed E-state index contributed by atoms with van der Waals surface area (Å²) in [6.07, 6.45) is 6.96. The van der Waals surface area contributed by atoms with E-state index in [4.69, 9.17) is 4.52 Å². The van der Waals surface area contributed by atoms with Gasteiger partial charge >= 0.3 is 0 Å². The van der Waals surface area contributed by atoms with Crippen LogP contribution in [0.25, 0.3) is 54.8 Å². The first kappa shape index (κ1) is 15.4. The first-order valence-electron chi connectivity index (χ1n) is 8.46. The first-order chi connectivity index (χ1) is 13.8. The maximum atomic E-state index is 5.48. The molecular formula is C18H10N8OS. The van der Waals surface area contributed by atoms with E-state index in [1.807, 2.05) is 13.8 Å². The van der Waals surface area contributed by atoms with Crippen molar-refractivity contribution in [3.05, 3.63) is 35.9 Å². The number of hydrogen-bond acceptors (Lipinski definition) is 10. The van der Waals surface area contributed by atoms with Crippen molar-refractivity contribution < 1.29 is 4.52 Å². The summed E-state index contributed by atoms with van der Waals surface area (Å²) in [6, 6.07) is 0. The first-order valence-corrected chi connectivity index (χ1v) is 9.19. The van der Waals surface area contributed by atoms with E-state index in [0.29, 0.717) is 11.1 Å². The highest BCUT2D eigenvalue weighted by molar-refractivity contribution is 7.00. The molecule has 134 valence electrons. The lowest BCUT2D eigenvalue weighted by Crippen LogP contribution is -1.95. The standard InChI is InChI=1S/C18H10N8OS/c1-7-9-3-19-21-5-11(9)13(16-15(7)24-28-25-16)14-12-6-22-20-4-10(12)8(2)18-17(14)23-26-27-18/h3-6H,1-2H3. The summed E-state index contributed by atoms with van der Waals surface area (Å²) in [7, 11) is 0. The van der Waals surface area contributed by atoms with Gasteiger partial charge in [-0.25, -0.2) is 0 Å². The molecule has 0 spiro atoms. The van der Waals surface area contributed by atoms with Crippen molar-refractivity contribution in [2.75, 3.05) is 0 Å². The van der Waals surface area contributed by atoms with Crippen LogP contribution in [0.2, 0.25) is 0 Å². The third-order valence-electron chi connectivity index (χ3n) is 5.20. The smallest absolute Gasteiger partial charge is 0.191 e. The maximum Gasteiger partial charge on any atom is 0.191 e. The molecule has 4 heterocycles. The Balaban J connectivity index is 1.96. The molecule has 0 saturated carbocycles. The summed E-state index contributed by atoms with van der Waals surface area (Å²) in [5.74, 6) is 0. The molecule has 0 unspecified atom stereocenters. The largest absolute Gasteiger partial charge is 0.337 e. The van der Waals surface area contributed by atoms with Crippen molar-refractivity contribution in [3.63, 3.8) is 0 Å². The second-order valence-electron chi connectivity index (χ2n) is 6.55. The van der Waals surface area contributed by atoms with Gasteiger partial charge in [-0.3, -0.25) is 0 Å². The van der Waals surface area contributed by atoms with Crippen molar-refractivity contribution in [1.29, 1.82) is 0 Å². The van der Waals surface area contributed by atoms with Crippen LogP contribution in [0, 0.1) is 13.8 Å². The zero-order valence-corrected chi connectivity index (χ0v) is 15.5. The fraction of sp³-hybridized carbons (Fsp3) is 0.111. The number of rotatable bonds is 1.